The monoisotopic (exact) mass is 286 g/mol. The normalized spacial score (nSPS) is 10.5. The smallest absolute Gasteiger partial charge is 0.319 e. The third kappa shape index (κ3) is 5.92. The largest absolute Gasteiger partial charge is 0.351 e. The van der Waals surface area contributed by atoms with Crippen LogP contribution in [0.5, 0.6) is 0 Å². The molecular weight excluding hydrogens is 268 g/mol. The minimum absolute atomic E-state index is 0.276. The third-order valence-corrected chi connectivity index (χ3v) is 2.59. The van der Waals surface area contributed by atoms with E-state index in [1.165, 1.54) is 0 Å². The van der Waals surface area contributed by atoms with Crippen LogP contribution < -0.4 is 10.6 Å². The molecule has 19 heavy (non-hydrogen) atoms. The number of amides is 2. The Morgan fingerprint density at radius 2 is 1.89 bits per heavy atom. The van der Waals surface area contributed by atoms with Gasteiger partial charge in [0.1, 0.15) is 0 Å². The van der Waals surface area contributed by atoms with Crippen LogP contribution in [0.1, 0.15) is 13.8 Å². The predicted octanol–water partition coefficient (Wildman–Crippen LogP) is 2.86. The van der Waals surface area contributed by atoms with Crippen LogP contribution in [0.15, 0.2) is 24.3 Å². The maximum Gasteiger partial charge on any atom is 0.319 e. The summed E-state index contributed by atoms with van der Waals surface area (Å²) in [6.45, 7) is 5.07. The van der Waals surface area contributed by atoms with Crippen molar-refractivity contribution in [2.75, 3.05) is 25.1 Å². The van der Waals surface area contributed by atoms with E-state index in [0.717, 1.165) is 0 Å². The average molecular weight is 287 g/mol. The molecule has 0 unspecified atom stereocenters. The van der Waals surface area contributed by atoms with Gasteiger partial charge in [-0.15, -0.1) is 0 Å². The zero-order chi connectivity index (χ0) is 14.1. The molecule has 0 bridgehead atoms. The van der Waals surface area contributed by atoms with Crippen molar-refractivity contribution in [1.82, 2.24) is 5.32 Å². The van der Waals surface area contributed by atoms with Gasteiger partial charge in [-0.05, 0) is 26.0 Å². The van der Waals surface area contributed by atoms with Crippen LogP contribution in [0.3, 0.4) is 0 Å². The molecule has 0 radical (unpaired) electrons. The lowest BCUT2D eigenvalue weighted by molar-refractivity contribution is -0.131. The number of rotatable bonds is 7. The van der Waals surface area contributed by atoms with Gasteiger partial charge < -0.3 is 20.1 Å². The first-order valence-electron chi connectivity index (χ1n) is 6.20. The maximum atomic E-state index is 11.7. The number of nitrogens with one attached hydrogen (secondary N) is 2. The lowest BCUT2D eigenvalue weighted by Gasteiger charge is -2.17. The Bertz CT molecular complexity index is 395. The molecule has 0 saturated heterocycles. The van der Waals surface area contributed by atoms with Crippen LogP contribution in [0.2, 0.25) is 5.02 Å². The summed E-state index contributed by atoms with van der Waals surface area (Å²) in [7, 11) is 0. The zero-order valence-electron chi connectivity index (χ0n) is 11.1. The van der Waals surface area contributed by atoms with Crippen molar-refractivity contribution < 1.29 is 14.3 Å². The molecule has 1 aromatic rings. The lowest BCUT2D eigenvalue weighted by Crippen LogP contribution is -2.37. The van der Waals surface area contributed by atoms with Gasteiger partial charge in [0.15, 0.2) is 6.29 Å². The van der Waals surface area contributed by atoms with Gasteiger partial charge in [-0.25, -0.2) is 4.79 Å². The Hall–Kier alpha value is -1.30. The van der Waals surface area contributed by atoms with Crippen molar-refractivity contribution in [3.8, 4) is 0 Å². The van der Waals surface area contributed by atoms with Gasteiger partial charge in [-0.3, -0.25) is 0 Å². The molecule has 6 heteroatoms. The highest BCUT2D eigenvalue weighted by atomic mass is 35.5. The molecule has 2 N–H and O–H groups in total. The minimum atomic E-state index is -0.438. The van der Waals surface area contributed by atoms with Gasteiger partial charge in [0.25, 0.3) is 0 Å². The van der Waals surface area contributed by atoms with Gasteiger partial charge in [0.2, 0.25) is 0 Å². The number of anilines is 1. The first-order chi connectivity index (χ1) is 9.17. The molecule has 2 amide bonds. The van der Waals surface area contributed by atoms with Crippen LogP contribution in [-0.4, -0.2) is 32.1 Å². The van der Waals surface area contributed by atoms with Gasteiger partial charge in [-0.2, -0.15) is 0 Å². The molecule has 0 aliphatic heterocycles. The second kappa shape index (κ2) is 8.74. The number of hydrogen-bond donors (Lipinski definition) is 2. The first kappa shape index (κ1) is 15.8. The summed E-state index contributed by atoms with van der Waals surface area (Å²) >= 11 is 5.94. The summed E-state index contributed by atoms with van der Waals surface area (Å²) in [5, 5.41) is 5.82. The highest BCUT2D eigenvalue weighted by Gasteiger charge is 2.10. The number of urea groups is 1. The van der Waals surface area contributed by atoms with E-state index in [1.807, 2.05) is 13.8 Å². The quantitative estimate of drug-likeness (QED) is 0.758. The van der Waals surface area contributed by atoms with Gasteiger partial charge >= 0.3 is 6.03 Å². The second-order valence-corrected chi connectivity index (χ2v) is 4.06. The SMILES string of the molecule is CCOC(CNC(=O)Nc1ccccc1Cl)OCC. The molecule has 0 atom stereocenters. The Morgan fingerprint density at radius 3 is 2.47 bits per heavy atom. The maximum absolute atomic E-state index is 11.7. The molecular formula is C13H19ClN2O3. The highest BCUT2D eigenvalue weighted by Crippen LogP contribution is 2.19. The van der Waals surface area contributed by atoms with Crippen molar-refractivity contribution >= 4 is 23.3 Å². The topological polar surface area (TPSA) is 59.6 Å². The molecule has 0 aromatic heterocycles. The van der Waals surface area contributed by atoms with E-state index in [9.17, 15) is 4.79 Å². The molecule has 106 valence electrons. The summed E-state index contributed by atoms with van der Waals surface area (Å²) in [4.78, 5) is 11.7. The summed E-state index contributed by atoms with van der Waals surface area (Å²) in [5.74, 6) is 0. The number of halogens is 1. The Balaban J connectivity index is 2.40. The van der Waals surface area contributed by atoms with Crippen LogP contribution >= 0.6 is 11.6 Å². The fourth-order valence-electron chi connectivity index (χ4n) is 1.44. The molecule has 0 aliphatic carbocycles. The van der Waals surface area contributed by atoms with Gasteiger partial charge in [-0.1, -0.05) is 23.7 Å². The van der Waals surface area contributed by atoms with Crippen molar-refractivity contribution in [2.24, 2.45) is 0 Å². The van der Waals surface area contributed by atoms with E-state index >= 15 is 0 Å². The molecule has 0 spiro atoms. The molecule has 1 aromatic carbocycles. The molecule has 1 rings (SSSR count). The van der Waals surface area contributed by atoms with E-state index in [2.05, 4.69) is 10.6 Å². The third-order valence-electron chi connectivity index (χ3n) is 2.26. The number of para-hydroxylation sites is 1. The van der Waals surface area contributed by atoms with Gasteiger partial charge in [0, 0.05) is 13.2 Å². The minimum Gasteiger partial charge on any atom is -0.351 e. The van der Waals surface area contributed by atoms with E-state index in [-0.39, 0.29) is 12.6 Å². The second-order valence-electron chi connectivity index (χ2n) is 3.66. The van der Waals surface area contributed by atoms with E-state index in [4.69, 9.17) is 21.1 Å². The lowest BCUT2D eigenvalue weighted by atomic mass is 10.3. The Morgan fingerprint density at radius 1 is 1.26 bits per heavy atom. The highest BCUT2D eigenvalue weighted by molar-refractivity contribution is 6.33. The first-order valence-corrected chi connectivity index (χ1v) is 6.57. The van der Waals surface area contributed by atoms with E-state index in [0.29, 0.717) is 23.9 Å². The van der Waals surface area contributed by atoms with Gasteiger partial charge in [0.05, 0.1) is 17.3 Å². The zero-order valence-corrected chi connectivity index (χ0v) is 11.9. The average Bonchev–Trinajstić information content (AvgIpc) is 2.39. The number of carbonyl (C=O) groups excluding carboxylic acids is 1. The molecule has 0 aliphatic rings. The van der Waals surface area contributed by atoms with Crippen LogP contribution in [0.25, 0.3) is 0 Å². The Labute approximate surface area is 118 Å². The van der Waals surface area contributed by atoms with Crippen molar-refractivity contribution in [3.63, 3.8) is 0 Å². The molecule has 0 saturated carbocycles. The predicted molar refractivity (Wildman–Crippen MR) is 75.5 cm³/mol. The number of carbonyl (C=O) groups is 1. The van der Waals surface area contributed by atoms with Crippen molar-refractivity contribution in [2.45, 2.75) is 20.1 Å². The fraction of sp³-hybridized carbons (Fsp3) is 0.462. The van der Waals surface area contributed by atoms with Crippen molar-refractivity contribution in [1.29, 1.82) is 0 Å². The fourth-order valence-corrected chi connectivity index (χ4v) is 1.63. The number of hydrogen-bond acceptors (Lipinski definition) is 3. The summed E-state index contributed by atoms with van der Waals surface area (Å²) in [6, 6.07) is 6.68. The van der Waals surface area contributed by atoms with E-state index in [1.54, 1.807) is 24.3 Å². The van der Waals surface area contributed by atoms with Crippen molar-refractivity contribution in [3.05, 3.63) is 29.3 Å². The molecule has 5 nitrogen and oxygen atoms in total. The molecule has 0 heterocycles. The molecule has 0 fully saturated rings. The number of benzene rings is 1. The summed E-state index contributed by atoms with van der Waals surface area (Å²) < 4.78 is 10.6. The summed E-state index contributed by atoms with van der Waals surface area (Å²) in [6.07, 6.45) is -0.438. The van der Waals surface area contributed by atoms with Crippen LogP contribution in [0, 0.1) is 0 Å². The van der Waals surface area contributed by atoms with Crippen LogP contribution in [0.4, 0.5) is 10.5 Å². The number of ether oxygens (including phenoxy) is 2. The summed E-state index contributed by atoms with van der Waals surface area (Å²) in [5.41, 5.74) is 0.561. The van der Waals surface area contributed by atoms with E-state index < -0.39 is 6.29 Å². The standard InChI is InChI=1S/C13H19ClN2O3/c1-3-18-12(19-4-2)9-15-13(17)16-11-8-6-5-7-10(11)14/h5-8,12H,3-4,9H2,1-2H3,(H2,15,16,17). The Kier molecular flexibility index (Phi) is 7.25. The van der Waals surface area contributed by atoms with Crippen LogP contribution in [-0.2, 0) is 9.47 Å².